The smallest absolute Gasteiger partial charge is 0.256 e. The molecule has 0 saturated carbocycles. The molecule has 2 saturated heterocycles. The van der Waals surface area contributed by atoms with Gasteiger partial charge in [0.1, 0.15) is 17.0 Å². The molecule has 3 aromatic rings. The van der Waals surface area contributed by atoms with Gasteiger partial charge in [-0.25, -0.2) is 0 Å². The van der Waals surface area contributed by atoms with Crippen molar-refractivity contribution in [2.45, 2.75) is 32.2 Å². The molecule has 0 N–H and O–H groups in total. The lowest BCUT2D eigenvalue weighted by molar-refractivity contribution is -0.140. The van der Waals surface area contributed by atoms with E-state index >= 15 is 0 Å². The predicted octanol–water partition coefficient (Wildman–Crippen LogP) is 4.27. The van der Waals surface area contributed by atoms with Crippen LogP contribution in [0.1, 0.15) is 32.3 Å². The van der Waals surface area contributed by atoms with Crippen LogP contribution in [0.25, 0.3) is 22.1 Å². The van der Waals surface area contributed by atoms with Gasteiger partial charge in [0.15, 0.2) is 0 Å². The SMILES string of the molecule is CC(C)C(=O)N1CCC2(CC1)N=C(c1ccc(-c3ccc4occc4c3)cc1)N(CC1CN(C)C1)C2=O. The molecule has 0 unspecified atom stereocenters. The highest BCUT2D eigenvalue weighted by molar-refractivity contribution is 6.15. The first-order chi connectivity index (χ1) is 17.8. The van der Waals surface area contributed by atoms with Gasteiger partial charge in [0.25, 0.3) is 5.91 Å². The third-order valence-corrected chi connectivity index (χ3v) is 8.12. The van der Waals surface area contributed by atoms with E-state index < -0.39 is 5.54 Å². The highest BCUT2D eigenvalue weighted by atomic mass is 16.3. The van der Waals surface area contributed by atoms with Gasteiger partial charge in [0.05, 0.1) is 6.26 Å². The molecule has 3 aliphatic rings. The van der Waals surface area contributed by atoms with Crippen LogP contribution in [0.3, 0.4) is 0 Å². The lowest BCUT2D eigenvalue weighted by atomic mass is 9.87. The van der Waals surface area contributed by atoms with Crippen LogP contribution in [0.4, 0.5) is 0 Å². The van der Waals surface area contributed by atoms with Crippen LogP contribution in [-0.2, 0) is 9.59 Å². The standard InChI is InChI=1S/C30H34N4O3/c1-20(2)28(35)33-13-11-30(12-14-33)29(36)34(19-21-17-32(3)18-21)27(31-30)23-6-4-22(5-7-23)24-8-9-26-25(16-24)10-15-37-26/h4-10,15-16,20-21H,11-14,17-19H2,1-3H3. The number of carbonyl (C=O) groups excluding carboxylic acids is 2. The van der Waals surface area contributed by atoms with Gasteiger partial charge in [-0.1, -0.05) is 44.2 Å². The number of amidine groups is 1. The summed E-state index contributed by atoms with van der Waals surface area (Å²) in [5.74, 6) is 1.45. The number of aliphatic imine (C=N–C) groups is 1. The number of hydrogen-bond acceptors (Lipinski definition) is 5. The summed E-state index contributed by atoms with van der Waals surface area (Å²) in [6.45, 7) is 7.70. The summed E-state index contributed by atoms with van der Waals surface area (Å²) in [4.78, 5) is 37.7. The fourth-order valence-electron chi connectivity index (χ4n) is 6.00. The van der Waals surface area contributed by atoms with Crippen molar-refractivity contribution in [1.82, 2.24) is 14.7 Å². The van der Waals surface area contributed by atoms with E-state index in [1.807, 2.05) is 35.8 Å². The summed E-state index contributed by atoms with van der Waals surface area (Å²) in [5.41, 5.74) is 3.32. The van der Waals surface area contributed by atoms with Crippen molar-refractivity contribution in [3.8, 4) is 11.1 Å². The van der Waals surface area contributed by atoms with E-state index in [0.29, 0.717) is 38.4 Å². The summed E-state index contributed by atoms with van der Waals surface area (Å²) < 4.78 is 5.48. The van der Waals surface area contributed by atoms with Gasteiger partial charge >= 0.3 is 0 Å². The molecule has 37 heavy (non-hydrogen) atoms. The molecule has 0 bridgehead atoms. The molecule has 2 amide bonds. The molecule has 1 aromatic heterocycles. The second-order valence-electron chi connectivity index (χ2n) is 11.2. The zero-order valence-electron chi connectivity index (χ0n) is 21.8. The largest absolute Gasteiger partial charge is 0.464 e. The highest BCUT2D eigenvalue weighted by Crippen LogP contribution is 2.37. The van der Waals surface area contributed by atoms with Gasteiger partial charge in [0.2, 0.25) is 5.91 Å². The van der Waals surface area contributed by atoms with Gasteiger partial charge < -0.3 is 14.2 Å². The van der Waals surface area contributed by atoms with E-state index in [9.17, 15) is 9.59 Å². The summed E-state index contributed by atoms with van der Waals surface area (Å²) in [7, 11) is 2.11. The van der Waals surface area contributed by atoms with Crippen molar-refractivity contribution in [2.75, 3.05) is 39.8 Å². The first-order valence-corrected chi connectivity index (χ1v) is 13.3. The fourth-order valence-corrected chi connectivity index (χ4v) is 6.00. The van der Waals surface area contributed by atoms with E-state index in [4.69, 9.17) is 9.41 Å². The van der Waals surface area contributed by atoms with Gasteiger partial charge in [-0.15, -0.1) is 0 Å². The molecule has 7 heteroatoms. The Morgan fingerprint density at radius 3 is 2.38 bits per heavy atom. The molecule has 0 radical (unpaired) electrons. The average Bonchev–Trinajstić information content (AvgIpc) is 3.46. The highest BCUT2D eigenvalue weighted by Gasteiger charge is 2.51. The molecular formula is C30H34N4O3. The van der Waals surface area contributed by atoms with Crippen molar-refractivity contribution in [3.05, 3.63) is 60.4 Å². The minimum Gasteiger partial charge on any atom is -0.464 e. The minimum atomic E-state index is -0.760. The lowest BCUT2D eigenvalue weighted by Crippen LogP contribution is -2.55. The topological polar surface area (TPSA) is 69.4 Å². The Kier molecular flexibility index (Phi) is 5.91. The van der Waals surface area contributed by atoms with E-state index in [1.54, 1.807) is 6.26 Å². The van der Waals surface area contributed by atoms with E-state index in [-0.39, 0.29) is 17.7 Å². The number of amides is 2. The van der Waals surface area contributed by atoms with Gasteiger partial charge in [-0.05, 0) is 49.2 Å². The van der Waals surface area contributed by atoms with Crippen LogP contribution in [-0.4, -0.2) is 77.7 Å². The molecule has 2 aromatic carbocycles. The number of furan rings is 1. The van der Waals surface area contributed by atoms with Crippen LogP contribution < -0.4 is 0 Å². The lowest BCUT2D eigenvalue weighted by Gasteiger charge is -2.40. The molecular weight excluding hydrogens is 464 g/mol. The third kappa shape index (κ3) is 4.25. The van der Waals surface area contributed by atoms with Crippen LogP contribution in [0, 0.1) is 11.8 Å². The molecule has 7 nitrogen and oxygen atoms in total. The Morgan fingerprint density at radius 2 is 1.70 bits per heavy atom. The predicted molar refractivity (Wildman–Crippen MR) is 144 cm³/mol. The maximum Gasteiger partial charge on any atom is 0.256 e. The molecule has 3 aliphatic heterocycles. The molecule has 0 atom stereocenters. The van der Waals surface area contributed by atoms with Crippen molar-refractivity contribution < 1.29 is 14.0 Å². The maximum atomic E-state index is 13.9. The van der Waals surface area contributed by atoms with Crippen molar-refractivity contribution in [3.63, 3.8) is 0 Å². The van der Waals surface area contributed by atoms with Crippen LogP contribution in [0.5, 0.6) is 0 Å². The van der Waals surface area contributed by atoms with Crippen molar-refractivity contribution in [1.29, 1.82) is 0 Å². The zero-order chi connectivity index (χ0) is 25.7. The minimum absolute atomic E-state index is 0.0350. The number of fused-ring (bicyclic) bond motifs is 1. The number of nitrogens with zero attached hydrogens (tertiary/aromatic N) is 4. The molecule has 1 spiro atoms. The monoisotopic (exact) mass is 498 g/mol. The number of rotatable bonds is 5. The number of hydrogen-bond donors (Lipinski definition) is 0. The first-order valence-electron chi connectivity index (χ1n) is 13.3. The molecule has 6 rings (SSSR count). The number of carbonyl (C=O) groups is 2. The molecule has 4 heterocycles. The Hall–Kier alpha value is -3.45. The summed E-state index contributed by atoms with van der Waals surface area (Å²) in [6, 6.07) is 16.5. The molecule has 0 aliphatic carbocycles. The number of benzene rings is 2. The average molecular weight is 499 g/mol. The van der Waals surface area contributed by atoms with Crippen LogP contribution >= 0.6 is 0 Å². The maximum absolute atomic E-state index is 13.9. The van der Waals surface area contributed by atoms with E-state index in [0.717, 1.165) is 46.6 Å². The Morgan fingerprint density at radius 1 is 1.03 bits per heavy atom. The second kappa shape index (κ2) is 9.14. The van der Waals surface area contributed by atoms with Gasteiger partial charge in [0, 0.05) is 55.5 Å². The number of piperidine rings is 1. The quantitative estimate of drug-likeness (QED) is 0.527. The Bertz CT molecular complexity index is 1360. The van der Waals surface area contributed by atoms with Crippen molar-refractivity contribution >= 4 is 28.6 Å². The number of likely N-dealkylation sites (tertiary alicyclic amines) is 2. The van der Waals surface area contributed by atoms with E-state index in [2.05, 4.69) is 48.3 Å². The van der Waals surface area contributed by atoms with Crippen LogP contribution in [0.2, 0.25) is 0 Å². The summed E-state index contributed by atoms with van der Waals surface area (Å²) >= 11 is 0. The van der Waals surface area contributed by atoms with Gasteiger partial charge in [-0.3, -0.25) is 19.5 Å². The molecule has 192 valence electrons. The normalized spacial score (nSPS) is 20.2. The third-order valence-electron chi connectivity index (χ3n) is 8.12. The molecule has 2 fully saturated rings. The van der Waals surface area contributed by atoms with Crippen LogP contribution in [0.15, 0.2) is 64.2 Å². The summed E-state index contributed by atoms with van der Waals surface area (Å²) in [5, 5.41) is 1.08. The fraction of sp³-hybridized carbons (Fsp3) is 0.433. The first kappa shape index (κ1) is 23.9. The zero-order valence-corrected chi connectivity index (χ0v) is 21.8. The van der Waals surface area contributed by atoms with E-state index in [1.165, 1.54) is 0 Å². The Balaban J connectivity index is 1.28. The summed E-state index contributed by atoms with van der Waals surface area (Å²) in [6.07, 6.45) is 2.87. The van der Waals surface area contributed by atoms with Crippen molar-refractivity contribution in [2.24, 2.45) is 16.8 Å². The second-order valence-corrected chi connectivity index (χ2v) is 11.2. The van der Waals surface area contributed by atoms with Gasteiger partial charge in [-0.2, -0.15) is 0 Å². The Labute approximate surface area is 217 Å².